The van der Waals surface area contributed by atoms with Crippen molar-refractivity contribution in [2.75, 3.05) is 12.9 Å². The molecule has 2 atom stereocenters. The number of ether oxygens (including phenoxy) is 1. The number of methoxy groups -OCH3 is 1. The van der Waals surface area contributed by atoms with Gasteiger partial charge in [-0.2, -0.15) is 0 Å². The van der Waals surface area contributed by atoms with Gasteiger partial charge in [-0.1, -0.05) is 13.3 Å². The number of aliphatic imine (C=N–C) groups is 1. The first-order chi connectivity index (χ1) is 11.4. The molecule has 2 heterocycles. The second-order valence-electron chi connectivity index (χ2n) is 5.45. The van der Waals surface area contributed by atoms with Gasteiger partial charge in [-0.3, -0.25) is 9.79 Å². The predicted octanol–water partition coefficient (Wildman–Crippen LogP) is 2.16. The first-order valence-corrected chi connectivity index (χ1v) is 8.68. The lowest BCUT2D eigenvalue weighted by molar-refractivity contribution is -0.122. The molecule has 1 aromatic rings. The summed E-state index contributed by atoms with van der Waals surface area (Å²) in [5, 5.41) is 11.1. The van der Waals surface area contributed by atoms with Gasteiger partial charge >= 0.3 is 5.63 Å². The van der Waals surface area contributed by atoms with Crippen molar-refractivity contribution >= 4 is 28.4 Å². The van der Waals surface area contributed by atoms with Crippen LogP contribution >= 0.6 is 11.8 Å². The molecule has 0 aromatic carbocycles. The molecule has 2 rings (SSSR count). The molecular weight excluding hydrogens is 330 g/mol. The summed E-state index contributed by atoms with van der Waals surface area (Å²) in [4.78, 5) is 28.4. The Balaban J connectivity index is 2.17. The van der Waals surface area contributed by atoms with Gasteiger partial charge in [0.05, 0.1) is 24.9 Å². The van der Waals surface area contributed by atoms with Gasteiger partial charge in [0, 0.05) is 11.8 Å². The fraction of sp³-hybridized carbons (Fsp3) is 0.500. The van der Waals surface area contributed by atoms with Gasteiger partial charge in [-0.25, -0.2) is 4.79 Å². The highest BCUT2D eigenvalue weighted by atomic mass is 32.2. The zero-order valence-corrected chi connectivity index (χ0v) is 14.7. The Morgan fingerprint density at radius 2 is 2.33 bits per heavy atom. The molecule has 0 aliphatic carbocycles. The lowest BCUT2D eigenvalue weighted by Crippen LogP contribution is -2.37. The number of rotatable bonds is 7. The van der Waals surface area contributed by atoms with Gasteiger partial charge in [0.2, 0.25) is 5.91 Å². The van der Waals surface area contributed by atoms with Crippen LogP contribution in [-0.2, 0) is 4.79 Å². The van der Waals surface area contributed by atoms with Crippen LogP contribution in [0.4, 0.5) is 0 Å². The van der Waals surface area contributed by atoms with E-state index in [1.165, 1.54) is 24.9 Å². The second-order valence-corrected chi connectivity index (χ2v) is 6.46. The summed E-state index contributed by atoms with van der Waals surface area (Å²) >= 11 is 1.40. The molecular formula is C16H21N3O4S. The van der Waals surface area contributed by atoms with Gasteiger partial charge < -0.3 is 19.9 Å². The molecule has 0 fully saturated rings. The molecule has 1 amide bonds. The zero-order chi connectivity index (χ0) is 17.7. The van der Waals surface area contributed by atoms with Crippen molar-refractivity contribution in [3.05, 3.63) is 28.3 Å². The average molecular weight is 351 g/mol. The summed E-state index contributed by atoms with van der Waals surface area (Å²) < 4.78 is 10.3. The summed E-state index contributed by atoms with van der Waals surface area (Å²) in [7, 11) is 1.47. The average Bonchev–Trinajstić information content (AvgIpc) is 3.04. The van der Waals surface area contributed by atoms with Gasteiger partial charge in [0.25, 0.3) is 0 Å². The highest BCUT2D eigenvalue weighted by Crippen LogP contribution is 2.23. The van der Waals surface area contributed by atoms with Crippen molar-refractivity contribution in [3.63, 3.8) is 0 Å². The van der Waals surface area contributed by atoms with Crippen molar-refractivity contribution in [2.24, 2.45) is 4.99 Å². The number of carbonyl (C=O) groups excluding carboxylic acids is 1. The maximum atomic E-state index is 12.5. The maximum Gasteiger partial charge on any atom is 0.339 e. The lowest BCUT2D eigenvalue weighted by atomic mass is 10.1. The van der Waals surface area contributed by atoms with Crippen LogP contribution < -0.4 is 15.7 Å². The van der Waals surface area contributed by atoms with E-state index in [-0.39, 0.29) is 5.91 Å². The third-order valence-electron chi connectivity index (χ3n) is 3.51. The third kappa shape index (κ3) is 4.47. The van der Waals surface area contributed by atoms with E-state index in [1.54, 1.807) is 13.0 Å². The van der Waals surface area contributed by atoms with Crippen LogP contribution in [0.15, 0.2) is 26.3 Å². The Kier molecular flexibility index (Phi) is 6.19. The quantitative estimate of drug-likeness (QED) is 0.733. The van der Waals surface area contributed by atoms with Gasteiger partial charge in [-0.05, 0) is 13.3 Å². The molecule has 0 bridgehead atoms. The van der Waals surface area contributed by atoms with E-state index < -0.39 is 17.7 Å². The van der Waals surface area contributed by atoms with Crippen LogP contribution in [0.3, 0.4) is 0 Å². The number of hydrogen-bond acceptors (Lipinski definition) is 7. The Hall–Kier alpha value is -2.09. The SMILES string of the molecule is CCCC(NC(=O)C1CSC(C(C)=N)=N1)c1cc(OC)cc(=O)o1. The minimum Gasteiger partial charge on any atom is -0.496 e. The monoisotopic (exact) mass is 351 g/mol. The summed E-state index contributed by atoms with van der Waals surface area (Å²) in [6.45, 7) is 3.63. The van der Waals surface area contributed by atoms with Crippen LogP contribution in [0.25, 0.3) is 0 Å². The van der Waals surface area contributed by atoms with Crippen molar-refractivity contribution < 1.29 is 13.9 Å². The lowest BCUT2D eigenvalue weighted by Gasteiger charge is -2.18. The molecule has 0 saturated heterocycles. The highest BCUT2D eigenvalue weighted by molar-refractivity contribution is 8.16. The molecule has 0 radical (unpaired) electrons. The number of hydrogen-bond donors (Lipinski definition) is 2. The van der Waals surface area contributed by atoms with Crippen molar-refractivity contribution in [1.82, 2.24) is 5.32 Å². The first-order valence-electron chi connectivity index (χ1n) is 7.70. The van der Waals surface area contributed by atoms with Crippen LogP contribution in [0.2, 0.25) is 0 Å². The first kappa shape index (κ1) is 18.3. The Morgan fingerprint density at radius 3 is 2.92 bits per heavy atom. The minimum atomic E-state index is -0.526. The number of nitrogens with zero attached hydrogens (tertiary/aromatic N) is 1. The Bertz CT molecular complexity index is 714. The molecule has 8 heteroatoms. The molecule has 24 heavy (non-hydrogen) atoms. The smallest absolute Gasteiger partial charge is 0.339 e. The second kappa shape index (κ2) is 8.14. The van der Waals surface area contributed by atoms with Crippen molar-refractivity contribution in [3.8, 4) is 5.75 Å². The summed E-state index contributed by atoms with van der Waals surface area (Å²) in [6, 6.07) is 1.92. The van der Waals surface area contributed by atoms with Crippen LogP contribution in [0.5, 0.6) is 5.75 Å². The van der Waals surface area contributed by atoms with E-state index in [2.05, 4.69) is 10.3 Å². The Morgan fingerprint density at radius 1 is 1.58 bits per heavy atom. The van der Waals surface area contributed by atoms with Gasteiger partial charge in [0.1, 0.15) is 22.6 Å². The van der Waals surface area contributed by atoms with E-state index >= 15 is 0 Å². The maximum absolute atomic E-state index is 12.5. The normalized spacial score (nSPS) is 18.0. The van der Waals surface area contributed by atoms with E-state index in [9.17, 15) is 9.59 Å². The topological polar surface area (TPSA) is 105 Å². The summed E-state index contributed by atoms with van der Waals surface area (Å²) in [5.74, 6) is 1.04. The van der Waals surface area contributed by atoms with E-state index in [0.29, 0.717) is 34.4 Å². The number of amides is 1. The molecule has 130 valence electrons. The molecule has 1 aliphatic rings. The van der Waals surface area contributed by atoms with Crippen molar-refractivity contribution in [1.29, 1.82) is 5.41 Å². The van der Waals surface area contributed by atoms with Crippen LogP contribution in [-0.4, -0.2) is 35.6 Å². The van der Waals surface area contributed by atoms with Gasteiger partial charge in [0.15, 0.2) is 0 Å². The molecule has 7 nitrogen and oxygen atoms in total. The van der Waals surface area contributed by atoms with E-state index in [0.717, 1.165) is 6.42 Å². The molecule has 0 saturated carbocycles. The van der Waals surface area contributed by atoms with Crippen molar-refractivity contribution in [2.45, 2.75) is 38.8 Å². The van der Waals surface area contributed by atoms with Gasteiger partial charge in [-0.15, -0.1) is 11.8 Å². The fourth-order valence-corrected chi connectivity index (χ4v) is 3.28. The summed E-state index contributed by atoms with van der Waals surface area (Å²) in [5.41, 5.74) is -0.157. The molecule has 2 unspecified atom stereocenters. The van der Waals surface area contributed by atoms with E-state index in [1.807, 2.05) is 6.92 Å². The largest absolute Gasteiger partial charge is 0.496 e. The standard InChI is InChI=1S/C16H21N3O4S/c1-4-5-11(13-6-10(22-3)7-14(20)23-13)18-15(21)12-8-24-16(19-12)9(2)17/h6-7,11-12,17H,4-5,8H2,1-3H3,(H,18,21). The molecule has 1 aliphatic heterocycles. The zero-order valence-electron chi connectivity index (χ0n) is 13.9. The number of nitrogens with one attached hydrogen (secondary N) is 2. The molecule has 2 N–H and O–H groups in total. The van der Waals surface area contributed by atoms with Crippen LogP contribution in [0, 0.1) is 5.41 Å². The third-order valence-corrected chi connectivity index (χ3v) is 4.68. The highest BCUT2D eigenvalue weighted by Gasteiger charge is 2.28. The molecule has 1 aromatic heterocycles. The summed E-state index contributed by atoms with van der Waals surface area (Å²) in [6.07, 6.45) is 1.43. The number of thioether (sulfide) groups is 1. The predicted molar refractivity (Wildman–Crippen MR) is 94.4 cm³/mol. The Labute approximate surface area is 144 Å². The van der Waals surface area contributed by atoms with E-state index in [4.69, 9.17) is 14.6 Å². The number of carbonyl (C=O) groups is 1. The molecule has 0 spiro atoms. The fourth-order valence-electron chi connectivity index (χ4n) is 2.32. The van der Waals surface area contributed by atoms with Crippen LogP contribution in [0.1, 0.15) is 38.5 Å². The minimum absolute atomic E-state index is 0.234.